The Hall–Kier alpha value is -2.37. The summed E-state index contributed by atoms with van der Waals surface area (Å²) in [6.45, 7) is 1.61. The quantitative estimate of drug-likeness (QED) is 0.824. The van der Waals surface area contributed by atoms with Gasteiger partial charge in [0.15, 0.2) is 6.10 Å². The molecule has 6 heteroatoms. The number of nitrogens with one attached hydrogen (secondary N) is 2. The first-order chi connectivity index (χ1) is 8.63. The number of carbonyl (C=O) groups is 1. The fourth-order valence-electron chi connectivity index (χ4n) is 1.63. The number of aromatic amines is 1. The van der Waals surface area contributed by atoms with Gasteiger partial charge in [-0.2, -0.15) is 0 Å². The van der Waals surface area contributed by atoms with Crippen molar-refractivity contribution in [2.45, 2.75) is 13.0 Å². The number of hydrogen-bond donors (Lipinski definition) is 2. The SMILES string of the molecule is CNC(=O)[C@@H](C)Oc1cccc2nc[nH]c(=O)c12. The van der Waals surface area contributed by atoms with Gasteiger partial charge in [-0.3, -0.25) is 9.59 Å². The Labute approximate surface area is 103 Å². The van der Waals surface area contributed by atoms with Crippen LogP contribution in [0.2, 0.25) is 0 Å². The molecule has 1 atom stereocenters. The van der Waals surface area contributed by atoms with Gasteiger partial charge < -0.3 is 15.0 Å². The number of ether oxygens (including phenoxy) is 1. The predicted octanol–water partition coefficient (Wildman–Crippen LogP) is 0.436. The lowest BCUT2D eigenvalue weighted by Gasteiger charge is -2.14. The largest absolute Gasteiger partial charge is 0.480 e. The van der Waals surface area contributed by atoms with E-state index in [9.17, 15) is 9.59 Å². The molecule has 1 aromatic carbocycles. The molecule has 2 rings (SSSR count). The number of H-pyrrole nitrogens is 1. The Kier molecular flexibility index (Phi) is 3.27. The number of carbonyl (C=O) groups excluding carboxylic acids is 1. The van der Waals surface area contributed by atoms with E-state index in [4.69, 9.17) is 4.74 Å². The zero-order valence-electron chi connectivity index (χ0n) is 10.1. The van der Waals surface area contributed by atoms with Gasteiger partial charge >= 0.3 is 0 Å². The zero-order chi connectivity index (χ0) is 13.1. The van der Waals surface area contributed by atoms with Crippen molar-refractivity contribution >= 4 is 16.8 Å². The minimum absolute atomic E-state index is 0.257. The third-order valence-corrected chi connectivity index (χ3v) is 2.55. The average Bonchev–Trinajstić information content (AvgIpc) is 2.38. The van der Waals surface area contributed by atoms with E-state index in [1.54, 1.807) is 25.1 Å². The highest BCUT2D eigenvalue weighted by Gasteiger charge is 2.15. The number of nitrogens with zero attached hydrogens (tertiary/aromatic N) is 1. The van der Waals surface area contributed by atoms with Crippen LogP contribution >= 0.6 is 0 Å². The second-order valence-electron chi connectivity index (χ2n) is 3.76. The zero-order valence-corrected chi connectivity index (χ0v) is 10.1. The minimum atomic E-state index is -0.680. The molecule has 2 aromatic rings. The van der Waals surface area contributed by atoms with Crippen LogP contribution in [-0.2, 0) is 4.79 Å². The highest BCUT2D eigenvalue weighted by Crippen LogP contribution is 2.21. The van der Waals surface area contributed by atoms with Crippen LogP contribution in [0.3, 0.4) is 0 Å². The summed E-state index contributed by atoms with van der Waals surface area (Å²) in [7, 11) is 1.53. The van der Waals surface area contributed by atoms with Crippen LogP contribution in [0.25, 0.3) is 10.9 Å². The lowest BCUT2D eigenvalue weighted by molar-refractivity contribution is -0.126. The van der Waals surface area contributed by atoms with E-state index in [0.717, 1.165) is 0 Å². The molecule has 0 radical (unpaired) electrons. The summed E-state index contributed by atoms with van der Waals surface area (Å²) in [6.07, 6.45) is 0.650. The van der Waals surface area contributed by atoms with Gasteiger partial charge in [0.05, 0.1) is 11.8 Å². The first kappa shape index (κ1) is 12.1. The first-order valence-corrected chi connectivity index (χ1v) is 5.48. The average molecular weight is 247 g/mol. The molecule has 0 fully saturated rings. The van der Waals surface area contributed by atoms with Crippen LogP contribution in [0, 0.1) is 0 Å². The number of benzene rings is 1. The highest BCUT2D eigenvalue weighted by molar-refractivity contribution is 5.85. The maximum atomic E-state index is 11.7. The van der Waals surface area contributed by atoms with Crippen molar-refractivity contribution in [2.24, 2.45) is 0 Å². The maximum Gasteiger partial charge on any atom is 0.262 e. The Morgan fingerprint density at radius 2 is 2.28 bits per heavy atom. The summed E-state index contributed by atoms with van der Waals surface area (Å²) in [5.41, 5.74) is 0.236. The van der Waals surface area contributed by atoms with Crippen LogP contribution in [-0.4, -0.2) is 29.0 Å². The fraction of sp³-hybridized carbons (Fsp3) is 0.250. The normalized spacial score (nSPS) is 12.1. The van der Waals surface area contributed by atoms with Crippen molar-refractivity contribution in [1.29, 1.82) is 0 Å². The van der Waals surface area contributed by atoms with Crippen molar-refractivity contribution in [1.82, 2.24) is 15.3 Å². The van der Waals surface area contributed by atoms with E-state index < -0.39 is 6.10 Å². The molecule has 94 valence electrons. The fourth-order valence-corrected chi connectivity index (χ4v) is 1.63. The van der Waals surface area contributed by atoms with E-state index in [-0.39, 0.29) is 11.5 Å². The van der Waals surface area contributed by atoms with Crippen LogP contribution in [0.4, 0.5) is 0 Å². The van der Waals surface area contributed by atoms with Crippen LogP contribution < -0.4 is 15.6 Å². The van der Waals surface area contributed by atoms with Gasteiger partial charge in [0.25, 0.3) is 11.5 Å². The Balaban J connectivity index is 2.46. The van der Waals surface area contributed by atoms with Crippen LogP contribution in [0.1, 0.15) is 6.92 Å². The Morgan fingerprint density at radius 3 is 3.00 bits per heavy atom. The van der Waals surface area contributed by atoms with Crippen LogP contribution in [0.15, 0.2) is 29.3 Å². The molecule has 1 heterocycles. The van der Waals surface area contributed by atoms with Gasteiger partial charge in [-0.1, -0.05) is 6.07 Å². The van der Waals surface area contributed by atoms with Crippen molar-refractivity contribution in [3.8, 4) is 5.75 Å². The molecule has 0 aliphatic carbocycles. The lowest BCUT2D eigenvalue weighted by atomic mass is 10.2. The van der Waals surface area contributed by atoms with E-state index in [1.165, 1.54) is 13.4 Å². The van der Waals surface area contributed by atoms with Crippen molar-refractivity contribution in [2.75, 3.05) is 7.05 Å². The number of fused-ring (bicyclic) bond motifs is 1. The smallest absolute Gasteiger partial charge is 0.262 e. The Bertz CT molecular complexity index is 630. The molecule has 0 saturated carbocycles. The molecule has 0 aliphatic rings. The number of aromatic nitrogens is 2. The minimum Gasteiger partial charge on any atom is -0.480 e. The summed E-state index contributed by atoms with van der Waals surface area (Å²) in [6, 6.07) is 5.07. The van der Waals surface area contributed by atoms with Crippen molar-refractivity contribution in [3.63, 3.8) is 0 Å². The molecule has 2 N–H and O–H groups in total. The van der Waals surface area contributed by atoms with E-state index >= 15 is 0 Å². The molecule has 18 heavy (non-hydrogen) atoms. The van der Waals surface area contributed by atoms with Gasteiger partial charge in [-0.15, -0.1) is 0 Å². The number of likely N-dealkylation sites (N-methyl/N-ethyl adjacent to an activating group) is 1. The first-order valence-electron chi connectivity index (χ1n) is 5.48. The number of hydrogen-bond acceptors (Lipinski definition) is 4. The van der Waals surface area contributed by atoms with Gasteiger partial charge in [0, 0.05) is 7.05 Å². The molecule has 0 saturated heterocycles. The van der Waals surface area contributed by atoms with Gasteiger partial charge in [-0.05, 0) is 19.1 Å². The topological polar surface area (TPSA) is 84.1 Å². The second-order valence-corrected chi connectivity index (χ2v) is 3.76. The molecule has 6 nitrogen and oxygen atoms in total. The third-order valence-electron chi connectivity index (χ3n) is 2.55. The number of rotatable bonds is 3. The summed E-state index contributed by atoms with van der Waals surface area (Å²) in [5.74, 6) is 0.0882. The summed E-state index contributed by atoms with van der Waals surface area (Å²) < 4.78 is 5.49. The third kappa shape index (κ3) is 2.17. The molecular formula is C12H13N3O3. The highest BCUT2D eigenvalue weighted by atomic mass is 16.5. The Morgan fingerprint density at radius 1 is 1.50 bits per heavy atom. The van der Waals surface area contributed by atoms with Gasteiger partial charge in [0.2, 0.25) is 0 Å². The summed E-state index contributed by atoms with van der Waals surface area (Å²) >= 11 is 0. The second kappa shape index (κ2) is 4.87. The molecule has 1 amide bonds. The van der Waals surface area contributed by atoms with Crippen LogP contribution in [0.5, 0.6) is 5.75 Å². The monoisotopic (exact) mass is 247 g/mol. The maximum absolute atomic E-state index is 11.7. The van der Waals surface area contributed by atoms with Gasteiger partial charge in [0.1, 0.15) is 11.1 Å². The molecule has 0 aliphatic heterocycles. The molecule has 0 unspecified atom stereocenters. The van der Waals surface area contributed by atoms with E-state index in [2.05, 4.69) is 15.3 Å². The predicted molar refractivity (Wildman–Crippen MR) is 66.5 cm³/mol. The molecular weight excluding hydrogens is 234 g/mol. The standard InChI is InChI=1S/C12H13N3O3/c1-7(11(16)13-2)18-9-5-3-4-8-10(9)12(17)15-6-14-8/h3-7H,1-2H3,(H,13,16)(H,14,15,17)/t7-/m1/s1. The summed E-state index contributed by atoms with van der Waals surface area (Å²) in [5, 5.41) is 2.83. The lowest BCUT2D eigenvalue weighted by Crippen LogP contribution is -2.34. The van der Waals surface area contributed by atoms with Gasteiger partial charge in [-0.25, -0.2) is 4.98 Å². The molecule has 1 aromatic heterocycles. The molecule has 0 spiro atoms. The number of amides is 1. The van der Waals surface area contributed by atoms with Crippen molar-refractivity contribution < 1.29 is 9.53 Å². The van der Waals surface area contributed by atoms with E-state index in [1.807, 2.05) is 0 Å². The van der Waals surface area contributed by atoms with Crippen molar-refractivity contribution in [3.05, 3.63) is 34.9 Å². The molecule has 0 bridgehead atoms. The summed E-state index contributed by atoms with van der Waals surface area (Å²) in [4.78, 5) is 29.7. The van der Waals surface area contributed by atoms with E-state index in [0.29, 0.717) is 16.7 Å².